The molecule has 1 atom stereocenters. The first-order valence-electron chi connectivity index (χ1n) is 7.09. The SMILES string of the molecule is O=C(c1noc(-c2ccc(F)cc2)n1)[C@@H]1CCCN1C(=O)CBr. The van der Waals surface area contributed by atoms with Gasteiger partial charge in [-0.15, -0.1) is 0 Å². The predicted molar refractivity (Wildman–Crippen MR) is 82.6 cm³/mol. The Bertz CT molecular complexity index is 732. The largest absolute Gasteiger partial charge is 0.334 e. The molecule has 0 spiro atoms. The second-order valence-electron chi connectivity index (χ2n) is 5.17. The minimum Gasteiger partial charge on any atom is -0.334 e. The number of hydrogen-bond acceptors (Lipinski definition) is 5. The first-order chi connectivity index (χ1) is 11.1. The lowest BCUT2D eigenvalue weighted by Crippen LogP contribution is -2.41. The second-order valence-corrected chi connectivity index (χ2v) is 5.73. The Hall–Kier alpha value is -2.09. The maximum atomic E-state index is 12.9. The van der Waals surface area contributed by atoms with Crippen LogP contribution >= 0.6 is 15.9 Å². The van der Waals surface area contributed by atoms with Crippen LogP contribution in [0.4, 0.5) is 4.39 Å². The molecular weight excluding hydrogens is 369 g/mol. The molecule has 3 rings (SSSR count). The molecule has 120 valence electrons. The maximum absolute atomic E-state index is 12.9. The Morgan fingerprint density at radius 3 is 2.78 bits per heavy atom. The van der Waals surface area contributed by atoms with Gasteiger partial charge < -0.3 is 9.42 Å². The number of nitrogens with zero attached hydrogens (tertiary/aromatic N) is 3. The number of amides is 1. The summed E-state index contributed by atoms with van der Waals surface area (Å²) >= 11 is 3.12. The van der Waals surface area contributed by atoms with Crippen LogP contribution < -0.4 is 0 Å². The second kappa shape index (κ2) is 6.57. The lowest BCUT2D eigenvalue weighted by atomic mass is 10.1. The van der Waals surface area contributed by atoms with E-state index in [-0.39, 0.29) is 34.6 Å². The summed E-state index contributed by atoms with van der Waals surface area (Å²) in [5, 5.41) is 3.87. The van der Waals surface area contributed by atoms with Crippen molar-refractivity contribution in [2.24, 2.45) is 0 Å². The highest BCUT2D eigenvalue weighted by molar-refractivity contribution is 9.09. The van der Waals surface area contributed by atoms with Gasteiger partial charge in [0.25, 0.3) is 5.89 Å². The standard InChI is InChI=1S/C15H13BrFN3O3/c16-8-12(21)20-7-1-2-11(20)13(22)14-18-15(23-19-14)9-3-5-10(17)6-4-9/h3-6,11H,1-2,7-8H2/t11-/m0/s1. The molecule has 1 aromatic carbocycles. The summed E-state index contributed by atoms with van der Waals surface area (Å²) in [5.74, 6) is -0.773. The third-order valence-corrected chi connectivity index (χ3v) is 4.21. The van der Waals surface area contributed by atoms with E-state index in [1.807, 2.05) is 0 Å². The Labute approximate surface area is 139 Å². The zero-order chi connectivity index (χ0) is 16.4. The Morgan fingerprint density at radius 2 is 2.09 bits per heavy atom. The van der Waals surface area contributed by atoms with Crippen LogP contribution in [0.5, 0.6) is 0 Å². The summed E-state index contributed by atoms with van der Waals surface area (Å²) in [7, 11) is 0. The number of likely N-dealkylation sites (tertiary alicyclic amines) is 1. The van der Waals surface area contributed by atoms with E-state index in [9.17, 15) is 14.0 Å². The average Bonchev–Trinajstić information content (AvgIpc) is 3.23. The van der Waals surface area contributed by atoms with Crippen LogP contribution in [-0.2, 0) is 4.79 Å². The van der Waals surface area contributed by atoms with Gasteiger partial charge in [-0.05, 0) is 37.1 Å². The van der Waals surface area contributed by atoms with E-state index in [2.05, 4.69) is 26.1 Å². The van der Waals surface area contributed by atoms with Crippen LogP contribution in [0.15, 0.2) is 28.8 Å². The first-order valence-corrected chi connectivity index (χ1v) is 8.21. The molecule has 0 aliphatic carbocycles. The van der Waals surface area contributed by atoms with E-state index in [0.717, 1.165) is 6.42 Å². The van der Waals surface area contributed by atoms with Crippen LogP contribution in [0.2, 0.25) is 0 Å². The average molecular weight is 382 g/mol. The smallest absolute Gasteiger partial charge is 0.258 e. The number of halogens is 2. The lowest BCUT2D eigenvalue weighted by molar-refractivity contribution is -0.128. The van der Waals surface area contributed by atoms with Gasteiger partial charge in [0.1, 0.15) is 5.82 Å². The minimum absolute atomic E-state index is 0.0661. The molecular formula is C15H13BrFN3O3. The molecule has 0 unspecified atom stereocenters. The fourth-order valence-electron chi connectivity index (χ4n) is 2.60. The Kier molecular flexibility index (Phi) is 4.51. The molecule has 0 saturated carbocycles. The topological polar surface area (TPSA) is 76.3 Å². The fraction of sp³-hybridized carbons (Fsp3) is 0.333. The monoisotopic (exact) mass is 381 g/mol. The van der Waals surface area contributed by atoms with Crippen LogP contribution in [-0.4, -0.2) is 44.6 Å². The van der Waals surface area contributed by atoms with Crippen molar-refractivity contribution in [2.45, 2.75) is 18.9 Å². The normalized spacial score (nSPS) is 17.5. The number of hydrogen-bond donors (Lipinski definition) is 0. The summed E-state index contributed by atoms with van der Waals surface area (Å²) < 4.78 is 18.0. The van der Waals surface area contributed by atoms with Gasteiger partial charge in [-0.1, -0.05) is 21.1 Å². The number of carbonyl (C=O) groups excluding carboxylic acids is 2. The van der Waals surface area contributed by atoms with Crippen LogP contribution in [0.25, 0.3) is 11.5 Å². The molecule has 0 radical (unpaired) electrons. The summed E-state index contributed by atoms with van der Waals surface area (Å²) in [5.41, 5.74) is 0.526. The first kappa shape index (κ1) is 15.8. The van der Waals surface area contributed by atoms with Crippen molar-refractivity contribution >= 4 is 27.6 Å². The van der Waals surface area contributed by atoms with Crippen molar-refractivity contribution in [3.8, 4) is 11.5 Å². The number of rotatable bonds is 4. The van der Waals surface area contributed by atoms with Crippen LogP contribution in [0, 0.1) is 5.82 Å². The van der Waals surface area contributed by atoms with Gasteiger partial charge >= 0.3 is 0 Å². The van der Waals surface area contributed by atoms with Crippen molar-refractivity contribution in [1.82, 2.24) is 15.0 Å². The number of carbonyl (C=O) groups is 2. The highest BCUT2D eigenvalue weighted by Crippen LogP contribution is 2.23. The van der Waals surface area contributed by atoms with E-state index >= 15 is 0 Å². The molecule has 1 saturated heterocycles. The van der Waals surface area contributed by atoms with Crippen molar-refractivity contribution in [3.63, 3.8) is 0 Å². The molecule has 1 amide bonds. The van der Waals surface area contributed by atoms with E-state index in [4.69, 9.17) is 4.52 Å². The third-order valence-electron chi connectivity index (χ3n) is 3.73. The fourth-order valence-corrected chi connectivity index (χ4v) is 2.92. The van der Waals surface area contributed by atoms with Gasteiger partial charge in [0.2, 0.25) is 17.5 Å². The molecule has 0 bridgehead atoms. The number of benzene rings is 1. The van der Waals surface area contributed by atoms with Crippen LogP contribution in [0.3, 0.4) is 0 Å². The number of ketones is 1. The Morgan fingerprint density at radius 1 is 1.35 bits per heavy atom. The number of Topliss-reactive ketones (excluding diaryl/α,β-unsaturated/α-hetero) is 1. The zero-order valence-corrected chi connectivity index (χ0v) is 13.6. The van der Waals surface area contributed by atoms with Gasteiger partial charge in [0.05, 0.1) is 11.4 Å². The van der Waals surface area contributed by atoms with Crippen molar-refractivity contribution < 1.29 is 18.5 Å². The Balaban J connectivity index is 1.81. The van der Waals surface area contributed by atoms with E-state index in [0.29, 0.717) is 18.5 Å². The third kappa shape index (κ3) is 3.17. The predicted octanol–water partition coefficient (Wildman–Crippen LogP) is 2.44. The van der Waals surface area contributed by atoms with Gasteiger partial charge in [0, 0.05) is 12.1 Å². The molecule has 2 aromatic rings. The molecule has 8 heteroatoms. The molecule has 1 aromatic heterocycles. The van der Waals surface area contributed by atoms with Crippen molar-refractivity contribution in [1.29, 1.82) is 0 Å². The van der Waals surface area contributed by atoms with Gasteiger partial charge in [-0.3, -0.25) is 9.59 Å². The van der Waals surface area contributed by atoms with Gasteiger partial charge in [-0.25, -0.2) is 4.39 Å². The van der Waals surface area contributed by atoms with E-state index < -0.39 is 6.04 Å². The molecule has 1 aliphatic heterocycles. The van der Waals surface area contributed by atoms with Gasteiger partial charge in [-0.2, -0.15) is 4.98 Å². The van der Waals surface area contributed by atoms with Crippen molar-refractivity contribution in [3.05, 3.63) is 35.9 Å². The summed E-state index contributed by atoms with van der Waals surface area (Å²) in [6.45, 7) is 0.545. The summed E-state index contributed by atoms with van der Waals surface area (Å²) in [6, 6.07) is 4.97. The maximum Gasteiger partial charge on any atom is 0.258 e. The van der Waals surface area contributed by atoms with Crippen LogP contribution in [0.1, 0.15) is 23.5 Å². The molecule has 1 aliphatic rings. The number of aromatic nitrogens is 2. The summed E-state index contributed by atoms with van der Waals surface area (Å²) in [6.07, 6.45) is 1.34. The molecule has 6 nitrogen and oxygen atoms in total. The molecule has 2 heterocycles. The molecule has 0 N–H and O–H groups in total. The minimum atomic E-state index is -0.557. The quantitative estimate of drug-likeness (QED) is 0.600. The zero-order valence-electron chi connectivity index (χ0n) is 12.0. The van der Waals surface area contributed by atoms with E-state index in [1.54, 1.807) is 0 Å². The van der Waals surface area contributed by atoms with E-state index in [1.165, 1.54) is 29.2 Å². The van der Waals surface area contributed by atoms with Gasteiger partial charge in [0.15, 0.2) is 0 Å². The number of alkyl halides is 1. The van der Waals surface area contributed by atoms with Crippen molar-refractivity contribution in [2.75, 3.05) is 11.9 Å². The molecule has 1 fully saturated rings. The summed E-state index contributed by atoms with van der Waals surface area (Å²) in [4.78, 5) is 30.0. The highest BCUT2D eigenvalue weighted by atomic mass is 79.9. The molecule has 23 heavy (non-hydrogen) atoms. The lowest BCUT2D eigenvalue weighted by Gasteiger charge is -2.21. The highest BCUT2D eigenvalue weighted by Gasteiger charge is 2.36.